The first kappa shape index (κ1) is 13.6. The number of benzene rings is 1. The van der Waals surface area contributed by atoms with Crippen LogP contribution < -0.4 is 4.74 Å². The molecule has 1 aromatic rings. The van der Waals surface area contributed by atoms with E-state index in [2.05, 4.69) is 13.8 Å². The lowest BCUT2D eigenvalue weighted by Gasteiger charge is -2.19. The first-order valence-electron chi connectivity index (χ1n) is 5.89. The first-order valence-corrected chi connectivity index (χ1v) is 5.89. The maximum Gasteiger partial charge on any atom is 0.226 e. The van der Waals surface area contributed by atoms with Crippen molar-refractivity contribution in [2.45, 2.75) is 20.3 Å². The number of likely N-dealkylation sites (N-methyl/N-ethyl adjacent to an activating group) is 1. The highest BCUT2D eigenvalue weighted by Gasteiger charge is 2.11. The van der Waals surface area contributed by atoms with Gasteiger partial charge in [0.15, 0.2) is 0 Å². The molecular formula is C14H21NO2. The maximum atomic E-state index is 11.9. The Morgan fingerprint density at radius 1 is 1.41 bits per heavy atom. The van der Waals surface area contributed by atoms with Gasteiger partial charge in [-0.05, 0) is 23.6 Å². The smallest absolute Gasteiger partial charge is 0.226 e. The molecule has 0 aliphatic heterocycles. The summed E-state index contributed by atoms with van der Waals surface area (Å²) in [4.78, 5) is 13.7. The molecule has 3 nitrogen and oxygen atoms in total. The van der Waals surface area contributed by atoms with Crippen molar-refractivity contribution >= 4 is 5.91 Å². The Balaban J connectivity index is 2.61. The molecule has 3 heteroatoms. The zero-order valence-corrected chi connectivity index (χ0v) is 11.1. The molecule has 0 N–H and O–H groups in total. The summed E-state index contributed by atoms with van der Waals surface area (Å²) in [6.45, 7) is 5.01. The van der Waals surface area contributed by atoms with Crippen LogP contribution in [0.3, 0.4) is 0 Å². The van der Waals surface area contributed by atoms with Crippen LogP contribution in [0.1, 0.15) is 19.4 Å². The van der Waals surface area contributed by atoms with Crippen molar-refractivity contribution in [3.63, 3.8) is 0 Å². The van der Waals surface area contributed by atoms with Crippen molar-refractivity contribution in [3.8, 4) is 5.75 Å². The summed E-state index contributed by atoms with van der Waals surface area (Å²) in [5.41, 5.74) is 0.991. The summed E-state index contributed by atoms with van der Waals surface area (Å²) in [6.07, 6.45) is 0.431. The van der Waals surface area contributed by atoms with Gasteiger partial charge in [-0.3, -0.25) is 4.79 Å². The second kappa shape index (κ2) is 6.28. The molecule has 94 valence electrons. The Hall–Kier alpha value is -1.51. The molecule has 0 atom stereocenters. The molecule has 0 aliphatic carbocycles. The third-order valence-corrected chi connectivity index (χ3v) is 2.55. The Kier molecular flexibility index (Phi) is 5.01. The predicted octanol–water partition coefficient (Wildman–Crippen LogP) is 2.35. The Morgan fingerprint density at radius 2 is 2.12 bits per heavy atom. The summed E-state index contributed by atoms with van der Waals surface area (Å²) in [7, 11) is 3.48. The van der Waals surface area contributed by atoms with Gasteiger partial charge in [0.2, 0.25) is 5.91 Å². The highest BCUT2D eigenvalue weighted by molar-refractivity contribution is 5.78. The molecule has 1 amide bonds. The van der Waals surface area contributed by atoms with Gasteiger partial charge in [-0.25, -0.2) is 0 Å². The third-order valence-electron chi connectivity index (χ3n) is 2.55. The van der Waals surface area contributed by atoms with Crippen LogP contribution in [0.15, 0.2) is 24.3 Å². The molecule has 17 heavy (non-hydrogen) atoms. The number of carbonyl (C=O) groups excluding carboxylic acids is 1. The van der Waals surface area contributed by atoms with E-state index in [0.29, 0.717) is 12.3 Å². The van der Waals surface area contributed by atoms with Crippen LogP contribution in [-0.4, -0.2) is 31.5 Å². The average Bonchev–Trinajstić information content (AvgIpc) is 2.28. The fourth-order valence-corrected chi connectivity index (χ4v) is 1.74. The van der Waals surface area contributed by atoms with Crippen LogP contribution in [-0.2, 0) is 11.2 Å². The average molecular weight is 235 g/mol. The third kappa shape index (κ3) is 4.47. The molecule has 1 rings (SSSR count). The van der Waals surface area contributed by atoms with E-state index in [1.165, 1.54) is 0 Å². The lowest BCUT2D eigenvalue weighted by atomic mass is 10.1. The number of hydrogen-bond donors (Lipinski definition) is 0. The molecule has 0 saturated heterocycles. The van der Waals surface area contributed by atoms with E-state index in [4.69, 9.17) is 4.74 Å². The number of amides is 1. The van der Waals surface area contributed by atoms with Crippen LogP contribution in [0.4, 0.5) is 0 Å². The van der Waals surface area contributed by atoms with Gasteiger partial charge in [0.25, 0.3) is 0 Å². The van der Waals surface area contributed by atoms with Gasteiger partial charge >= 0.3 is 0 Å². The summed E-state index contributed by atoms with van der Waals surface area (Å²) in [6, 6.07) is 7.64. The summed E-state index contributed by atoms with van der Waals surface area (Å²) < 4.78 is 5.14. The number of rotatable bonds is 5. The Morgan fingerprint density at radius 3 is 2.71 bits per heavy atom. The number of hydrogen-bond acceptors (Lipinski definition) is 2. The summed E-state index contributed by atoms with van der Waals surface area (Å²) in [5, 5.41) is 0. The minimum Gasteiger partial charge on any atom is -0.497 e. The fourth-order valence-electron chi connectivity index (χ4n) is 1.74. The van der Waals surface area contributed by atoms with Crippen molar-refractivity contribution < 1.29 is 9.53 Å². The van der Waals surface area contributed by atoms with E-state index in [9.17, 15) is 4.79 Å². The van der Waals surface area contributed by atoms with E-state index in [0.717, 1.165) is 17.9 Å². The maximum absolute atomic E-state index is 11.9. The molecule has 0 radical (unpaired) electrons. The van der Waals surface area contributed by atoms with Gasteiger partial charge in [-0.2, -0.15) is 0 Å². The largest absolute Gasteiger partial charge is 0.497 e. The number of carbonyl (C=O) groups is 1. The van der Waals surface area contributed by atoms with Crippen LogP contribution in [0.5, 0.6) is 5.75 Å². The Bertz CT molecular complexity index is 374. The van der Waals surface area contributed by atoms with Crippen molar-refractivity contribution in [2.24, 2.45) is 5.92 Å². The van der Waals surface area contributed by atoms with E-state index in [1.807, 2.05) is 31.3 Å². The highest BCUT2D eigenvalue weighted by Crippen LogP contribution is 2.13. The monoisotopic (exact) mass is 235 g/mol. The van der Waals surface area contributed by atoms with Crippen LogP contribution in [0.2, 0.25) is 0 Å². The van der Waals surface area contributed by atoms with Crippen molar-refractivity contribution in [1.82, 2.24) is 4.90 Å². The Labute approximate surface area is 103 Å². The van der Waals surface area contributed by atoms with Gasteiger partial charge in [0.1, 0.15) is 5.75 Å². The molecule has 0 aliphatic rings. The van der Waals surface area contributed by atoms with Gasteiger partial charge in [-0.1, -0.05) is 26.0 Å². The molecule has 0 saturated carbocycles. The van der Waals surface area contributed by atoms with Crippen LogP contribution >= 0.6 is 0 Å². The fraction of sp³-hybridized carbons (Fsp3) is 0.500. The molecule has 0 bridgehead atoms. The standard InChI is InChI=1S/C14H21NO2/c1-11(2)10-15(3)14(16)9-12-6-5-7-13(8-12)17-4/h5-8,11H,9-10H2,1-4H3. The lowest BCUT2D eigenvalue weighted by Crippen LogP contribution is -2.31. The lowest BCUT2D eigenvalue weighted by molar-refractivity contribution is -0.129. The van der Waals surface area contributed by atoms with Crippen LogP contribution in [0.25, 0.3) is 0 Å². The van der Waals surface area contributed by atoms with Gasteiger partial charge in [0, 0.05) is 13.6 Å². The van der Waals surface area contributed by atoms with Gasteiger partial charge in [0.05, 0.1) is 13.5 Å². The zero-order valence-electron chi connectivity index (χ0n) is 11.1. The van der Waals surface area contributed by atoms with E-state index in [1.54, 1.807) is 12.0 Å². The molecule has 0 spiro atoms. The summed E-state index contributed by atoms with van der Waals surface area (Å²) in [5.74, 6) is 1.43. The topological polar surface area (TPSA) is 29.5 Å². The predicted molar refractivity (Wildman–Crippen MR) is 69.2 cm³/mol. The second-order valence-corrected chi connectivity index (χ2v) is 4.70. The van der Waals surface area contributed by atoms with Gasteiger partial charge in [-0.15, -0.1) is 0 Å². The molecule has 0 unspecified atom stereocenters. The van der Waals surface area contributed by atoms with Crippen molar-refractivity contribution in [1.29, 1.82) is 0 Å². The number of methoxy groups -OCH3 is 1. The van der Waals surface area contributed by atoms with E-state index in [-0.39, 0.29) is 5.91 Å². The normalized spacial score (nSPS) is 10.4. The molecule has 0 heterocycles. The quantitative estimate of drug-likeness (QED) is 0.784. The van der Waals surface area contributed by atoms with Crippen LogP contribution in [0, 0.1) is 5.92 Å². The van der Waals surface area contributed by atoms with Crippen molar-refractivity contribution in [3.05, 3.63) is 29.8 Å². The number of ether oxygens (including phenoxy) is 1. The second-order valence-electron chi connectivity index (χ2n) is 4.70. The number of nitrogens with zero attached hydrogens (tertiary/aromatic N) is 1. The summed E-state index contributed by atoms with van der Waals surface area (Å²) >= 11 is 0. The molecule has 0 aromatic heterocycles. The molecular weight excluding hydrogens is 214 g/mol. The molecule has 1 aromatic carbocycles. The van der Waals surface area contributed by atoms with E-state index >= 15 is 0 Å². The minimum atomic E-state index is 0.145. The zero-order chi connectivity index (χ0) is 12.8. The highest BCUT2D eigenvalue weighted by atomic mass is 16.5. The van der Waals surface area contributed by atoms with E-state index < -0.39 is 0 Å². The SMILES string of the molecule is COc1cccc(CC(=O)N(C)CC(C)C)c1. The minimum absolute atomic E-state index is 0.145. The van der Waals surface area contributed by atoms with Gasteiger partial charge < -0.3 is 9.64 Å². The van der Waals surface area contributed by atoms with Crippen molar-refractivity contribution in [2.75, 3.05) is 20.7 Å². The first-order chi connectivity index (χ1) is 8.02. The molecule has 0 fully saturated rings.